The maximum Gasteiger partial charge on any atom is 0.251 e. The molecule has 0 unspecified atom stereocenters. The number of benzene rings is 2. The molecular formula is C22H30N4O3. The average Bonchev–Trinajstić information content (AvgIpc) is 2.76. The maximum absolute atomic E-state index is 12.0. The number of methoxy groups -OCH3 is 2. The van der Waals surface area contributed by atoms with Crippen molar-refractivity contribution in [1.82, 2.24) is 10.6 Å². The Hall–Kier alpha value is -3.22. The van der Waals surface area contributed by atoms with Crippen molar-refractivity contribution >= 4 is 11.9 Å². The van der Waals surface area contributed by atoms with Gasteiger partial charge in [-0.05, 0) is 41.8 Å². The van der Waals surface area contributed by atoms with E-state index < -0.39 is 0 Å². The van der Waals surface area contributed by atoms with Crippen molar-refractivity contribution < 1.29 is 14.3 Å². The van der Waals surface area contributed by atoms with Crippen LogP contribution in [0.4, 0.5) is 0 Å². The van der Waals surface area contributed by atoms with Crippen molar-refractivity contribution in [3.05, 3.63) is 59.2 Å². The van der Waals surface area contributed by atoms with Crippen molar-refractivity contribution in [1.29, 1.82) is 0 Å². The van der Waals surface area contributed by atoms with Crippen LogP contribution in [-0.2, 0) is 13.1 Å². The van der Waals surface area contributed by atoms with E-state index in [0.29, 0.717) is 42.7 Å². The molecule has 0 aliphatic rings. The van der Waals surface area contributed by atoms with Crippen molar-refractivity contribution in [2.45, 2.75) is 32.9 Å². The molecule has 0 saturated carbocycles. The van der Waals surface area contributed by atoms with Crippen LogP contribution in [0.2, 0.25) is 0 Å². The van der Waals surface area contributed by atoms with Gasteiger partial charge in [-0.3, -0.25) is 4.79 Å². The number of nitrogens with zero attached hydrogens (tertiary/aromatic N) is 1. The molecule has 2 aromatic carbocycles. The molecule has 29 heavy (non-hydrogen) atoms. The predicted octanol–water partition coefficient (Wildman–Crippen LogP) is 2.84. The summed E-state index contributed by atoms with van der Waals surface area (Å²) in [6.07, 6.45) is 2.04. The zero-order valence-corrected chi connectivity index (χ0v) is 17.3. The summed E-state index contributed by atoms with van der Waals surface area (Å²) in [5, 5.41) is 5.99. The number of unbranched alkanes of at least 4 members (excludes halogenated alkanes) is 1. The fourth-order valence-corrected chi connectivity index (χ4v) is 2.66. The first kappa shape index (κ1) is 22.1. The Morgan fingerprint density at radius 2 is 1.69 bits per heavy atom. The van der Waals surface area contributed by atoms with Crippen LogP contribution < -0.4 is 25.8 Å². The molecule has 0 aliphatic heterocycles. The molecule has 0 atom stereocenters. The van der Waals surface area contributed by atoms with E-state index in [1.165, 1.54) is 0 Å². The molecule has 2 aromatic rings. The first-order chi connectivity index (χ1) is 14.1. The molecule has 0 aromatic heterocycles. The van der Waals surface area contributed by atoms with E-state index in [2.05, 4.69) is 22.5 Å². The number of aliphatic imine (C=N–C) groups is 1. The van der Waals surface area contributed by atoms with E-state index in [-0.39, 0.29) is 5.91 Å². The summed E-state index contributed by atoms with van der Waals surface area (Å²) in [6.45, 7) is 3.75. The minimum Gasteiger partial charge on any atom is -0.493 e. The van der Waals surface area contributed by atoms with E-state index >= 15 is 0 Å². The minimum atomic E-state index is -0.0473. The van der Waals surface area contributed by atoms with Gasteiger partial charge in [0.1, 0.15) is 0 Å². The lowest BCUT2D eigenvalue weighted by Gasteiger charge is -2.09. The highest BCUT2D eigenvalue weighted by Gasteiger charge is 2.06. The highest BCUT2D eigenvalue weighted by atomic mass is 16.5. The lowest BCUT2D eigenvalue weighted by molar-refractivity contribution is 0.0953. The average molecular weight is 399 g/mol. The van der Waals surface area contributed by atoms with Crippen molar-refractivity contribution in [2.24, 2.45) is 10.7 Å². The van der Waals surface area contributed by atoms with E-state index in [4.69, 9.17) is 15.2 Å². The zero-order chi connectivity index (χ0) is 21.1. The van der Waals surface area contributed by atoms with Crippen LogP contribution in [0.15, 0.2) is 47.5 Å². The van der Waals surface area contributed by atoms with Gasteiger partial charge in [-0.25, -0.2) is 4.99 Å². The molecule has 2 rings (SSSR count). The van der Waals surface area contributed by atoms with Gasteiger partial charge in [0.25, 0.3) is 5.91 Å². The molecule has 0 radical (unpaired) electrons. The molecule has 7 nitrogen and oxygen atoms in total. The molecule has 0 aliphatic carbocycles. The number of nitrogens with two attached hydrogens (primary N) is 1. The third-order valence-corrected chi connectivity index (χ3v) is 4.39. The van der Waals surface area contributed by atoms with Gasteiger partial charge in [-0.15, -0.1) is 0 Å². The highest BCUT2D eigenvalue weighted by molar-refractivity contribution is 5.94. The number of guanidine groups is 1. The van der Waals surface area contributed by atoms with E-state index in [0.717, 1.165) is 24.0 Å². The normalized spacial score (nSPS) is 11.1. The molecule has 156 valence electrons. The third kappa shape index (κ3) is 7.03. The van der Waals surface area contributed by atoms with Crippen LogP contribution in [0.5, 0.6) is 11.5 Å². The number of rotatable bonds is 10. The minimum absolute atomic E-state index is 0.0473. The maximum atomic E-state index is 12.0. The first-order valence-electron chi connectivity index (χ1n) is 9.69. The van der Waals surface area contributed by atoms with Gasteiger partial charge in [0.2, 0.25) is 0 Å². The van der Waals surface area contributed by atoms with Crippen LogP contribution in [-0.4, -0.2) is 32.6 Å². The lowest BCUT2D eigenvalue weighted by Crippen LogP contribution is -2.31. The number of carbonyl (C=O) groups excluding carboxylic acids is 1. The Labute approximate surface area is 172 Å². The second-order valence-electron chi connectivity index (χ2n) is 6.55. The number of carbonyl (C=O) groups is 1. The molecule has 0 spiro atoms. The Morgan fingerprint density at radius 1 is 1.00 bits per heavy atom. The topological polar surface area (TPSA) is 98.0 Å². The van der Waals surface area contributed by atoms with Gasteiger partial charge in [-0.2, -0.15) is 0 Å². The Kier molecular flexibility index (Phi) is 8.82. The molecule has 0 saturated heterocycles. The SMILES string of the molecule is CCCCNC(=O)c1ccc(CNC(N)=NCc2ccc(OC)c(OC)c2)cc1. The van der Waals surface area contributed by atoms with Crippen LogP contribution >= 0.6 is 0 Å². The second kappa shape index (κ2) is 11.6. The summed E-state index contributed by atoms with van der Waals surface area (Å²) in [5.74, 6) is 1.63. The Morgan fingerprint density at radius 3 is 2.34 bits per heavy atom. The molecule has 0 heterocycles. The van der Waals surface area contributed by atoms with Crippen molar-refractivity contribution in [3.63, 3.8) is 0 Å². The second-order valence-corrected chi connectivity index (χ2v) is 6.55. The standard InChI is InChI=1S/C22H30N4O3/c1-4-5-12-24-21(27)18-9-6-16(7-10-18)14-25-22(23)26-15-17-8-11-19(28-2)20(13-17)29-3/h6-11,13H,4-5,12,14-15H2,1-3H3,(H,24,27)(H3,23,25,26). The van der Waals surface area contributed by atoms with Crippen LogP contribution in [0.25, 0.3) is 0 Å². The predicted molar refractivity (Wildman–Crippen MR) is 115 cm³/mol. The molecule has 7 heteroatoms. The zero-order valence-electron chi connectivity index (χ0n) is 17.3. The number of nitrogens with one attached hydrogen (secondary N) is 2. The fraction of sp³-hybridized carbons (Fsp3) is 0.364. The number of amides is 1. The number of hydrogen-bond acceptors (Lipinski definition) is 4. The van der Waals surface area contributed by atoms with E-state index in [1.807, 2.05) is 42.5 Å². The summed E-state index contributed by atoms with van der Waals surface area (Å²) in [6, 6.07) is 13.1. The van der Waals surface area contributed by atoms with Gasteiger partial charge < -0.3 is 25.8 Å². The third-order valence-electron chi connectivity index (χ3n) is 4.39. The summed E-state index contributed by atoms with van der Waals surface area (Å²) < 4.78 is 10.5. The van der Waals surface area contributed by atoms with Crippen LogP contribution in [0.3, 0.4) is 0 Å². The highest BCUT2D eigenvalue weighted by Crippen LogP contribution is 2.27. The summed E-state index contributed by atoms with van der Waals surface area (Å²) >= 11 is 0. The molecule has 0 fully saturated rings. The van der Waals surface area contributed by atoms with Gasteiger partial charge in [0.15, 0.2) is 17.5 Å². The molecule has 0 bridgehead atoms. The van der Waals surface area contributed by atoms with Crippen LogP contribution in [0.1, 0.15) is 41.3 Å². The van der Waals surface area contributed by atoms with Crippen molar-refractivity contribution in [2.75, 3.05) is 20.8 Å². The van der Waals surface area contributed by atoms with Gasteiger partial charge in [0, 0.05) is 18.7 Å². The Bertz CT molecular complexity index is 819. The van der Waals surface area contributed by atoms with Gasteiger partial charge in [0.05, 0.1) is 20.8 Å². The lowest BCUT2D eigenvalue weighted by atomic mass is 10.1. The number of ether oxygens (including phenoxy) is 2. The van der Waals surface area contributed by atoms with Gasteiger partial charge in [-0.1, -0.05) is 31.5 Å². The quantitative estimate of drug-likeness (QED) is 0.325. The monoisotopic (exact) mass is 398 g/mol. The van der Waals surface area contributed by atoms with Crippen molar-refractivity contribution in [3.8, 4) is 11.5 Å². The summed E-state index contributed by atoms with van der Waals surface area (Å²) in [4.78, 5) is 16.4. The Balaban J connectivity index is 1.85. The van der Waals surface area contributed by atoms with Crippen LogP contribution in [0, 0.1) is 0 Å². The molecule has 1 amide bonds. The summed E-state index contributed by atoms with van der Waals surface area (Å²) in [5.41, 5.74) is 8.59. The smallest absolute Gasteiger partial charge is 0.251 e. The fourth-order valence-electron chi connectivity index (χ4n) is 2.66. The number of hydrogen-bond donors (Lipinski definition) is 3. The first-order valence-corrected chi connectivity index (χ1v) is 9.69. The van der Waals surface area contributed by atoms with E-state index in [9.17, 15) is 4.79 Å². The largest absolute Gasteiger partial charge is 0.493 e. The molecular weight excluding hydrogens is 368 g/mol. The summed E-state index contributed by atoms with van der Waals surface area (Å²) in [7, 11) is 3.20. The molecule has 4 N–H and O–H groups in total. The van der Waals surface area contributed by atoms with E-state index in [1.54, 1.807) is 14.2 Å². The van der Waals surface area contributed by atoms with Gasteiger partial charge >= 0.3 is 0 Å².